The smallest absolute Gasteiger partial charge is 0.328 e. The van der Waals surface area contributed by atoms with E-state index in [9.17, 15) is 14.4 Å². The Morgan fingerprint density at radius 1 is 1.62 bits per heavy atom. The number of carboxylic acid groups (broad SMARTS) is 1. The lowest BCUT2D eigenvalue weighted by molar-refractivity contribution is -0.143. The van der Waals surface area contributed by atoms with E-state index in [-0.39, 0.29) is 18.9 Å². The number of aliphatic hydroxyl groups excluding tert-OH is 1. The first-order chi connectivity index (χ1) is 7.45. The Labute approximate surface area is 92.0 Å². The minimum atomic E-state index is -1.31. The maximum Gasteiger partial charge on any atom is 0.328 e. The quantitative estimate of drug-likeness (QED) is 0.519. The van der Waals surface area contributed by atoms with Crippen molar-refractivity contribution in [3.63, 3.8) is 0 Å². The van der Waals surface area contributed by atoms with Crippen molar-refractivity contribution in [1.82, 2.24) is 10.2 Å². The number of carboxylic acids is 1. The summed E-state index contributed by atoms with van der Waals surface area (Å²) in [6, 6.07) is -1.31. The molecule has 1 unspecified atom stereocenters. The molecule has 0 bridgehead atoms. The third kappa shape index (κ3) is 2.69. The van der Waals surface area contributed by atoms with Crippen LogP contribution in [-0.4, -0.2) is 59.1 Å². The van der Waals surface area contributed by atoms with Gasteiger partial charge in [0.1, 0.15) is 6.04 Å². The van der Waals surface area contributed by atoms with Crippen LogP contribution in [0.4, 0.5) is 0 Å². The number of carbonyl (C=O) groups is 3. The number of likely N-dealkylation sites (tertiary alicyclic amines) is 1. The number of hydrogen-bond donors (Lipinski definition) is 3. The number of carbonyl (C=O) groups excluding carboxylic acids is 2. The van der Waals surface area contributed by atoms with Crippen LogP contribution in [0, 0.1) is 5.92 Å². The number of nitrogens with one attached hydrogen (secondary N) is 1. The van der Waals surface area contributed by atoms with E-state index in [1.807, 2.05) is 0 Å². The molecule has 7 heteroatoms. The van der Waals surface area contributed by atoms with Gasteiger partial charge in [0.25, 0.3) is 0 Å². The molecular weight excluding hydrogens is 216 g/mol. The zero-order chi connectivity index (χ0) is 12.3. The second-order valence-electron chi connectivity index (χ2n) is 3.76. The van der Waals surface area contributed by atoms with Crippen LogP contribution in [0.25, 0.3) is 0 Å². The number of hydrogen-bond acceptors (Lipinski definition) is 4. The Kier molecular flexibility index (Phi) is 3.83. The first-order valence-electron chi connectivity index (χ1n) is 4.83. The maximum atomic E-state index is 11.5. The molecule has 0 radical (unpaired) electrons. The fourth-order valence-electron chi connectivity index (χ4n) is 1.51. The summed E-state index contributed by atoms with van der Waals surface area (Å²) >= 11 is 0. The molecule has 1 fully saturated rings. The molecule has 2 atom stereocenters. The summed E-state index contributed by atoms with van der Waals surface area (Å²) in [6.07, 6.45) is 0.0834. The highest BCUT2D eigenvalue weighted by Gasteiger charge is 2.33. The zero-order valence-electron chi connectivity index (χ0n) is 8.84. The van der Waals surface area contributed by atoms with Crippen molar-refractivity contribution in [3.05, 3.63) is 0 Å². The predicted octanol–water partition coefficient (Wildman–Crippen LogP) is -1.97. The first-order valence-corrected chi connectivity index (χ1v) is 4.83. The number of rotatable bonds is 4. The van der Waals surface area contributed by atoms with Crippen molar-refractivity contribution in [2.24, 2.45) is 5.92 Å². The van der Waals surface area contributed by atoms with Gasteiger partial charge in [0.15, 0.2) is 0 Å². The third-order valence-corrected chi connectivity index (χ3v) is 2.51. The number of aliphatic carboxylic acids is 1. The summed E-state index contributed by atoms with van der Waals surface area (Å²) in [5.74, 6) is -2.49. The van der Waals surface area contributed by atoms with Crippen molar-refractivity contribution in [1.29, 1.82) is 0 Å². The highest BCUT2D eigenvalue weighted by atomic mass is 16.4. The van der Waals surface area contributed by atoms with Crippen molar-refractivity contribution in [3.8, 4) is 0 Å². The molecule has 7 nitrogen and oxygen atoms in total. The zero-order valence-corrected chi connectivity index (χ0v) is 8.84. The molecule has 0 spiro atoms. The predicted molar refractivity (Wildman–Crippen MR) is 52.4 cm³/mol. The topological polar surface area (TPSA) is 107 Å². The summed E-state index contributed by atoms with van der Waals surface area (Å²) in [6.45, 7) is -0.389. The largest absolute Gasteiger partial charge is 0.480 e. The molecule has 0 aromatic heterocycles. The van der Waals surface area contributed by atoms with E-state index in [2.05, 4.69) is 5.32 Å². The molecule has 0 aromatic rings. The molecule has 1 aliphatic rings. The minimum Gasteiger partial charge on any atom is -0.480 e. The van der Waals surface area contributed by atoms with E-state index in [0.29, 0.717) is 0 Å². The van der Waals surface area contributed by atoms with Crippen molar-refractivity contribution in [2.75, 3.05) is 20.2 Å². The molecule has 2 amide bonds. The van der Waals surface area contributed by atoms with E-state index in [0.717, 1.165) is 0 Å². The van der Waals surface area contributed by atoms with Gasteiger partial charge in [-0.25, -0.2) is 4.79 Å². The molecule has 1 saturated heterocycles. The second-order valence-corrected chi connectivity index (χ2v) is 3.76. The van der Waals surface area contributed by atoms with Gasteiger partial charge in [-0.1, -0.05) is 0 Å². The first kappa shape index (κ1) is 12.4. The van der Waals surface area contributed by atoms with Gasteiger partial charge in [-0.05, 0) is 0 Å². The lowest BCUT2D eigenvalue weighted by atomic mass is 10.1. The van der Waals surface area contributed by atoms with Gasteiger partial charge >= 0.3 is 5.97 Å². The van der Waals surface area contributed by atoms with Gasteiger partial charge in [-0.3, -0.25) is 9.59 Å². The lowest BCUT2D eigenvalue weighted by Gasteiger charge is -2.15. The molecule has 1 aliphatic heterocycles. The SMILES string of the molecule is CN1CC(C(=O)N[C@H](CO)C(=O)O)CC1=O. The highest BCUT2D eigenvalue weighted by Crippen LogP contribution is 2.15. The van der Waals surface area contributed by atoms with Gasteiger partial charge < -0.3 is 20.4 Å². The molecule has 16 heavy (non-hydrogen) atoms. The molecule has 0 aliphatic carbocycles. The molecule has 1 heterocycles. The monoisotopic (exact) mass is 230 g/mol. The summed E-state index contributed by atoms with van der Waals surface area (Å²) < 4.78 is 0. The summed E-state index contributed by atoms with van der Waals surface area (Å²) in [5.41, 5.74) is 0. The van der Waals surface area contributed by atoms with E-state index < -0.39 is 30.4 Å². The fraction of sp³-hybridized carbons (Fsp3) is 0.667. The number of amides is 2. The van der Waals surface area contributed by atoms with Crippen LogP contribution in [-0.2, 0) is 14.4 Å². The van der Waals surface area contributed by atoms with Gasteiger partial charge in [-0.15, -0.1) is 0 Å². The van der Waals surface area contributed by atoms with Gasteiger partial charge in [0.2, 0.25) is 11.8 Å². The Bertz CT molecular complexity index is 317. The van der Waals surface area contributed by atoms with Crippen LogP contribution in [0.2, 0.25) is 0 Å². The van der Waals surface area contributed by atoms with Crippen LogP contribution in [0.15, 0.2) is 0 Å². The normalized spacial score (nSPS) is 22.0. The third-order valence-electron chi connectivity index (χ3n) is 2.51. The van der Waals surface area contributed by atoms with Crippen molar-refractivity contribution in [2.45, 2.75) is 12.5 Å². The summed E-state index contributed by atoms with van der Waals surface area (Å²) in [7, 11) is 1.58. The lowest BCUT2D eigenvalue weighted by Crippen LogP contribution is -2.46. The Balaban J connectivity index is 2.53. The van der Waals surface area contributed by atoms with Crippen molar-refractivity contribution < 1.29 is 24.6 Å². The number of aliphatic hydroxyl groups is 1. The molecular formula is C9H14N2O5. The van der Waals surface area contributed by atoms with E-state index in [1.165, 1.54) is 4.90 Å². The Morgan fingerprint density at radius 2 is 2.25 bits per heavy atom. The van der Waals surface area contributed by atoms with E-state index in [1.54, 1.807) is 7.05 Å². The Hall–Kier alpha value is -1.63. The van der Waals surface area contributed by atoms with Crippen LogP contribution in [0.3, 0.4) is 0 Å². The van der Waals surface area contributed by atoms with E-state index >= 15 is 0 Å². The van der Waals surface area contributed by atoms with Gasteiger partial charge in [0.05, 0.1) is 12.5 Å². The van der Waals surface area contributed by atoms with Crippen LogP contribution in [0.5, 0.6) is 0 Å². The summed E-state index contributed by atoms with van der Waals surface area (Å²) in [5, 5.41) is 19.5. The van der Waals surface area contributed by atoms with Crippen LogP contribution >= 0.6 is 0 Å². The average molecular weight is 230 g/mol. The maximum absolute atomic E-state index is 11.5. The molecule has 1 rings (SSSR count). The van der Waals surface area contributed by atoms with Gasteiger partial charge in [-0.2, -0.15) is 0 Å². The van der Waals surface area contributed by atoms with Crippen LogP contribution in [0.1, 0.15) is 6.42 Å². The molecule has 3 N–H and O–H groups in total. The van der Waals surface area contributed by atoms with Crippen LogP contribution < -0.4 is 5.32 Å². The summed E-state index contributed by atoms with van der Waals surface area (Å²) in [4.78, 5) is 34.7. The standard InChI is InChI=1S/C9H14N2O5/c1-11-3-5(2-7(11)13)8(14)10-6(4-12)9(15)16/h5-6,12H,2-4H2,1H3,(H,10,14)(H,15,16)/t5?,6-/m1/s1. The molecule has 90 valence electrons. The second kappa shape index (κ2) is 4.93. The average Bonchev–Trinajstić information content (AvgIpc) is 2.55. The van der Waals surface area contributed by atoms with E-state index in [4.69, 9.17) is 10.2 Å². The van der Waals surface area contributed by atoms with Crippen molar-refractivity contribution >= 4 is 17.8 Å². The van der Waals surface area contributed by atoms with Gasteiger partial charge in [0, 0.05) is 20.0 Å². The minimum absolute atomic E-state index is 0.0834. The highest BCUT2D eigenvalue weighted by molar-refractivity contribution is 5.91. The fourth-order valence-corrected chi connectivity index (χ4v) is 1.51. The molecule has 0 saturated carbocycles. The number of nitrogens with zero attached hydrogens (tertiary/aromatic N) is 1. The molecule has 0 aromatic carbocycles. The Morgan fingerprint density at radius 3 is 2.62 bits per heavy atom.